The summed E-state index contributed by atoms with van der Waals surface area (Å²) in [4.78, 5) is 12.1. The maximum Gasteiger partial charge on any atom is 0.166 e. The minimum Gasteiger partial charge on any atom is -0.326 e. The van der Waals surface area contributed by atoms with Gasteiger partial charge >= 0.3 is 0 Å². The third-order valence-corrected chi connectivity index (χ3v) is 3.77. The van der Waals surface area contributed by atoms with Gasteiger partial charge < -0.3 is 5.73 Å². The topological polar surface area (TPSA) is 43.1 Å². The van der Waals surface area contributed by atoms with E-state index in [1.807, 2.05) is 0 Å². The van der Waals surface area contributed by atoms with Crippen LogP contribution in [0.15, 0.2) is 18.2 Å². The molecule has 1 aliphatic carbocycles. The van der Waals surface area contributed by atoms with E-state index in [-0.39, 0.29) is 11.3 Å². The molecule has 2 rings (SSSR count). The predicted molar refractivity (Wildman–Crippen MR) is 69.8 cm³/mol. The summed E-state index contributed by atoms with van der Waals surface area (Å²) < 4.78 is 13.8. The first-order chi connectivity index (χ1) is 8.70. The van der Waals surface area contributed by atoms with Gasteiger partial charge in [0.25, 0.3) is 0 Å². The Kier molecular flexibility index (Phi) is 4.48. The van der Waals surface area contributed by atoms with Crippen molar-refractivity contribution in [1.29, 1.82) is 0 Å². The Morgan fingerprint density at radius 1 is 1.28 bits per heavy atom. The van der Waals surface area contributed by atoms with Crippen LogP contribution in [0.2, 0.25) is 0 Å². The number of benzene rings is 1. The van der Waals surface area contributed by atoms with E-state index in [2.05, 4.69) is 0 Å². The van der Waals surface area contributed by atoms with Crippen molar-refractivity contribution in [2.75, 3.05) is 0 Å². The summed E-state index contributed by atoms with van der Waals surface area (Å²) in [5, 5.41) is 0. The van der Waals surface area contributed by atoms with Crippen molar-refractivity contribution >= 4 is 5.78 Å². The molecule has 1 saturated carbocycles. The molecule has 2 nitrogen and oxygen atoms in total. The Bertz CT molecular complexity index is 425. The van der Waals surface area contributed by atoms with E-state index in [1.165, 1.54) is 25.3 Å². The van der Waals surface area contributed by atoms with Gasteiger partial charge in [0.1, 0.15) is 5.82 Å². The van der Waals surface area contributed by atoms with Gasteiger partial charge in [-0.3, -0.25) is 4.79 Å². The van der Waals surface area contributed by atoms with E-state index in [9.17, 15) is 9.18 Å². The molecule has 0 radical (unpaired) electrons. The third-order valence-electron chi connectivity index (χ3n) is 3.77. The Morgan fingerprint density at radius 2 is 2.00 bits per heavy atom. The molecule has 0 saturated heterocycles. The third kappa shape index (κ3) is 3.16. The van der Waals surface area contributed by atoms with Crippen molar-refractivity contribution in [3.05, 3.63) is 35.1 Å². The standard InChI is InChI=1S/C15H20FNO/c16-14-8-12(10-17)6-7-13(14)15(18)9-11-4-2-1-3-5-11/h6-8,11H,1-5,9-10,17H2. The molecule has 0 atom stereocenters. The number of halogens is 1. The lowest BCUT2D eigenvalue weighted by Crippen LogP contribution is -2.13. The van der Waals surface area contributed by atoms with Gasteiger partial charge in [0, 0.05) is 13.0 Å². The molecule has 0 aliphatic heterocycles. The largest absolute Gasteiger partial charge is 0.326 e. The molecule has 98 valence electrons. The average Bonchev–Trinajstić information content (AvgIpc) is 2.39. The van der Waals surface area contributed by atoms with E-state index >= 15 is 0 Å². The quantitative estimate of drug-likeness (QED) is 0.831. The van der Waals surface area contributed by atoms with Gasteiger partial charge in [-0.2, -0.15) is 0 Å². The molecular weight excluding hydrogens is 229 g/mol. The minimum atomic E-state index is -0.432. The highest BCUT2D eigenvalue weighted by Crippen LogP contribution is 2.28. The van der Waals surface area contributed by atoms with Gasteiger partial charge in [-0.05, 0) is 23.6 Å². The second kappa shape index (κ2) is 6.10. The van der Waals surface area contributed by atoms with Crippen LogP contribution in [0, 0.1) is 11.7 Å². The molecule has 1 aliphatic rings. The second-order valence-electron chi connectivity index (χ2n) is 5.15. The van der Waals surface area contributed by atoms with E-state index in [4.69, 9.17) is 5.73 Å². The number of Topliss-reactive ketones (excluding diaryl/α,β-unsaturated/α-hetero) is 1. The zero-order valence-corrected chi connectivity index (χ0v) is 10.6. The molecular formula is C15H20FNO. The van der Waals surface area contributed by atoms with Crippen molar-refractivity contribution in [3.63, 3.8) is 0 Å². The first kappa shape index (κ1) is 13.2. The van der Waals surface area contributed by atoms with Crippen molar-refractivity contribution in [2.24, 2.45) is 11.7 Å². The lowest BCUT2D eigenvalue weighted by atomic mass is 9.84. The summed E-state index contributed by atoms with van der Waals surface area (Å²) in [6.45, 7) is 0.300. The molecule has 1 aromatic rings. The van der Waals surface area contributed by atoms with Gasteiger partial charge in [0.2, 0.25) is 0 Å². The van der Waals surface area contributed by atoms with Crippen LogP contribution in [-0.4, -0.2) is 5.78 Å². The van der Waals surface area contributed by atoms with E-state index in [1.54, 1.807) is 12.1 Å². The van der Waals surface area contributed by atoms with Crippen molar-refractivity contribution < 1.29 is 9.18 Å². The van der Waals surface area contributed by atoms with Crippen LogP contribution in [0.1, 0.15) is 54.4 Å². The summed E-state index contributed by atoms with van der Waals surface area (Å²) in [6, 6.07) is 4.67. The predicted octanol–water partition coefficient (Wildman–Crippen LogP) is 3.44. The van der Waals surface area contributed by atoms with Gasteiger partial charge in [0.05, 0.1) is 5.56 Å². The molecule has 0 amide bonds. The molecule has 18 heavy (non-hydrogen) atoms. The summed E-state index contributed by atoms with van der Waals surface area (Å²) in [6.07, 6.45) is 6.37. The SMILES string of the molecule is NCc1ccc(C(=O)CC2CCCCC2)c(F)c1. The van der Waals surface area contributed by atoms with Crippen molar-refractivity contribution in [1.82, 2.24) is 0 Å². The first-order valence-electron chi connectivity index (χ1n) is 6.72. The second-order valence-corrected chi connectivity index (χ2v) is 5.15. The average molecular weight is 249 g/mol. The minimum absolute atomic E-state index is 0.0667. The summed E-state index contributed by atoms with van der Waals surface area (Å²) in [5.41, 5.74) is 6.39. The van der Waals surface area contributed by atoms with E-state index in [0.29, 0.717) is 18.9 Å². The van der Waals surface area contributed by atoms with Crippen LogP contribution in [0.25, 0.3) is 0 Å². The molecule has 1 fully saturated rings. The highest BCUT2D eigenvalue weighted by Gasteiger charge is 2.19. The Hall–Kier alpha value is -1.22. The smallest absolute Gasteiger partial charge is 0.166 e. The maximum atomic E-state index is 13.8. The number of hydrogen-bond acceptors (Lipinski definition) is 2. The molecule has 3 heteroatoms. The maximum absolute atomic E-state index is 13.8. The fourth-order valence-corrected chi connectivity index (χ4v) is 2.68. The summed E-state index contributed by atoms with van der Waals surface area (Å²) >= 11 is 0. The van der Waals surface area contributed by atoms with Gasteiger partial charge in [0.15, 0.2) is 5.78 Å². The number of carbonyl (C=O) groups excluding carboxylic acids is 1. The Labute approximate surface area is 107 Å². The fourth-order valence-electron chi connectivity index (χ4n) is 2.68. The molecule has 0 spiro atoms. The number of nitrogens with two attached hydrogens (primary N) is 1. The van der Waals surface area contributed by atoms with E-state index in [0.717, 1.165) is 18.4 Å². The molecule has 0 aromatic heterocycles. The van der Waals surface area contributed by atoms with Crippen molar-refractivity contribution in [2.45, 2.75) is 45.1 Å². The van der Waals surface area contributed by atoms with Crippen LogP contribution in [0.3, 0.4) is 0 Å². The monoisotopic (exact) mass is 249 g/mol. The highest BCUT2D eigenvalue weighted by molar-refractivity contribution is 5.96. The number of ketones is 1. The van der Waals surface area contributed by atoms with Gasteiger partial charge in [-0.25, -0.2) is 4.39 Å². The van der Waals surface area contributed by atoms with Crippen LogP contribution in [0.5, 0.6) is 0 Å². The van der Waals surface area contributed by atoms with Crippen molar-refractivity contribution in [3.8, 4) is 0 Å². The molecule has 0 heterocycles. The number of carbonyl (C=O) groups is 1. The highest BCUT2D eigenvalue weighted by atomic mass is 19.1. The zero-order valence-electron chi connectivity index (χ0n) is 10.6. The van der Waals surface area contributed by atoms with Crippen LogP contribution < -0.4 is 5.73 Å². The molecule has 0 unspecified atom stereocenters. The normalized spacial score (nSPS) is 16.8. The summed E-state index contributed by atoms with van der Waals surface area (Å²) in [5.74, 6) is -0.0541. The zero-order chi connectivity index (χ0) is 13.0. The number of rotatable bonds is 4. The van der Waals surface area contributed by atoms with Crippen LogP contribution in [-0.2, 0) is 6.54 Å². The van der Waals surface area contributed by atoms with Gasteiger partial charge in [-0.1, -0.05) is 38.2 Å². The number of hydrogen-bond donors (Lipinski definition) is 1. The van der Waals surface area contributed by atoms with E-state index < -0.39 is 5.82 Å². The van der Waals surface area contributed by atoms with Gasteiger partial charge in [-0.15, -0.1) is 0 Å². The summed E-state index contributed by atoms with van der Waals surface area (Å²) in [7, 11) is 0. The fraction of sp³-hybridized carbons (Fsp3) is 0.533. The molecule has 0 bridgehead atoms. The molecule has 2 N–H and O–H groups in total. The first-order valence-corrected chi connectivity index (χ1v) is 6.72. The lowest BCUT2D eigenvalue weighted by Gasteiger charge is -2.20. The molecule has 1 aromatic carbocycles. The van der Waals surface area contributed by atoms with Crippen LogP contribution in [0.4, 0.5) is 4.39 Å². The Balaban J connectivity index is 2.03. The lowest BCUT2D eigenvalue weighted by molar-refractivity contribution is 0.0946. The van der Waals surface area contributed by atoms with Crippen LogP contribution >= 0.6 is 0 Å². The Morgan fingerprint density at radius 3 is 2.61 bits per heavy atom.